The Kier molecular flexibility index (Phi) is 4.67. The Hall–Kier alpha value is -1.45. The van der Waals surface area contributed by atoms with Crippen LogP contribution in [0.2, 0.25) is 5.02 Å². The van der Waals surface area contributed by atoms with Gasteiger partial charge in [0.15, 0.2) is 0 Å². The van der Waals surface area contributed by atoms with Crippen molar-refractivity contribution in [3.8, 4) is 0 Å². The van der Waals surface area contributed by atoms with Crippen molar-refractivity contribution in [1.29, 1.82) is 0 Å². The summed E-state index contributed by atoms with van der Waals surface area (Å²) in [6.45, 7) is 0. The molecule has 1 amide bonds. The number of benzene rings is 2. The van der Waals surface area contributed by atoms with Crippen molar-refractivity contribution in [2.45, 2.75) is 10.6 Å². The zero-order valence-corrected chi connectivity index (χ0v) is 11.2. The van der Waals surface area contributed by atoms with Gasteiger partial charge in [0.1, 0.15) is 0 Å². The summed E-state index contributed by atoms with van der Waals surface area (Å²) in [5, 5.41) is 3.44. The van der Waals surface area contributed by atoms with E-state index in [0.29, 0.717) is 6.41 Å². The molecular formula is C14H12ClNOS. The molecule has 0 aliphatic heterocycles. The van der Waals surface area contributed by atoms with Gasteiger partial charge in [-0.25, -0.2) is 0 Å². The van der Waals surface area contributed by atoms with Crippen LogP contribution in [0.1, 0.15) is 5.56 Å². The van der Waals surface area contributed by atoms with Gasteiger partial charge in [-0.3, -0.25) is 4.79 Å². The molecule has 4 heteroatoms. The van der Waals surface area contributed by atoms with E-state index in [0.717, 1.165) is 21.4 Å². The highest BCUT2D eigenvalue weighted by Crippen LogP contribution is 2.29. The van der Waals surface area contributed by atoms with E-state index in [1.54, 1.807) is 11.8 Å². The fourth-order valence-corrected chi connectivity index (χ4v) is 2.61. The zero-order valence-electron chi connectivity index (χ0n) is 9.60. The molecule has 0 aliphatic carbocycles. The molecule has 0 bridgehead atoms. The van der Waals surface area contributed by atoms with E-state index in [9.17, 15) is 4.79 Å². The number of hydrogen-bond donors (Lipinski definition) is 1. The van der Waals surface area contributed by atoms with Crippen molar-refractivity contribution in [3.63, 3.8) is 0 Å². The largest absolute Gasteiger partial charge is 0.328 e. The van der Waals surface area contributed by atoms with Gasteiger partial charge in [0, 0.05) is 15.7 Å². The first-order valence-corrected chi connectivity index (χ1v) is 6.82. The fourth-order valence-electron chi connectivity index (χ4n) is 1.52. The second-order valence-electron chi connectivity index (χ2n) is 3.67. The van der Waals surface area contributed by atoms with Crippen molar-refractivity contribution < 1.29 is 4.79 Å². The third-order valence-electron chi connectivity index (χ3n) is 2.41. The number of anilines is 1. The van der Waals surface area contributed by atoms with Crippen LogP contribution in [0.4, 0.5) is 5.69 Å². The maximum Gasteiger partial charge on any atom is 0.211 e. The van der Waals surface area contributed by atoms with Crippen LogP contribution in [-0.4, -0.2) is 6.41 Å². The van der Waals surface area contributed by atoms with Gasteiger partial charge in [-0.1, -0.05) is 35.9 Å². The first kappa shape index (κ1) is 13.0. The summed E-state index contributed by atoms with van der Waals surface area (Å²) < 4.78 is 0. The van der Waals surface area contributed by atoms with Crippen molar-refractivity contribution >= 4 is 35.5 Å². The summed E-state index contributed by atoms with van der Waals surface area (Å²) in [6.07, 6.45) is 0.696. The van der Waals surface area contributed by atoms with Crippen LogP contribution < -0.4 is 5.32 Å². The number of hydrogen-bond acceptors (Lipinski definition) is 2. The van der Waals surface area contributed by atoms with Crippen LogP contribution in [0.3, 0.4) is 0 Å². The van der Waals surface area contributed by atoms with E-state index in [4.69, 9.17) is 11.6 Å². The van der Waals surface area contributed by atoms with Gasteiger partial charge in [0.05, 0.1) is 5.69 Å². The lowest BCUT2D eigenvalue weighted by Crippen LogP contribution is -1.95. The first-order valence-electron chi connectivity index (χ1n) is 5.46. The third-order valence-corrected chi connectivity index (χ3v) is 3.81. The van der Waals surface area contributed by atoms with Gasteiger partial charge in [0.2, 0.25) is 6.41 Å². The van der Waals surface area contributed by atoms with Crippen molar-refractivity contribution in [3.05, 3.63) is 59.1 Å². The lowest BCUT2D eigenvalue weighted by Gasteiger charge is -2.07. The highest BCUT2D eigenvalue weighted by atomic mass is 35.5. The Morgan fingerprint density at radius 2 is 1.83 bits per heavy atom. The van der Waals surface area contributed by atoms with E-state index in [1.807, 2.05) is 48.5 Å². The number of para-hydroxylation sites is 1. The minimum Gasteiger partial charge on any atom is -0.328 e. The molecule has 0 radical (unpaired) electrons. The summed E-state index contributed by atoms with van der Waals surface area (Å²) in [7, 11) is 0. The molecule has 1 N–H and O–H groups in total. The second kappa shape index (κ2) is 6.47. The van der Waals surface area contributed by atoms with E-state index < -0.39 is 0 Å². The Morgan fingerprint density at radius 1 is 1.11 bits per heavy atom. The van der Waals surface area contributed by atoms with E-state index in [2.05, 4.69) is 5.32 Å². The minimum atomic E-state index is 0.696. The van der Waals surface area contributed by atoms with Gasteiger partial charge >= 0.3 is 0 Å². The Balaban J connectivity index is 2.05. The number of halogens is 1. The van der Waals surface area contributed by atoms with Crippen LogP contribution >= 0.6 is 23.4 Å². The molecule has 0 aromatic heterocycles. The first-order chi connectivity index (χ1) is 8.79. The molecule has 0 atom stereocenters. The van der Waals surface area contributed by atoms with Gasteiger partial charge in [-0.15, -0.1) is 11.8 Å². The highest BCUT2D eigenvalue weighted by Gasteiger charge is 2.02. The molecule has 0 fully saturated rings. The SMILES string of the molecule is O=CNc1ccccc1SCc1ccc(Cl)cc1. The van der Waals surface area contributed by atoms with Crippen molar-refractivity contribution in [1.82, 2.24) is 0 Å². The monoisotopic (exact) mass is 277 g/mol. The summed E-state index contributed by atoms with van der Waals surface area (Å²) in [5.41, 5.74) is 2.04. The van der Waals surface area contributed by atoms with E-state index in [1.165, 1.54) is 5.56 Å². The molecule has 92 valence electrons. The average Bonchev–Trinajstić information content (AvgIpc) is 2.40. The topological polar surface area (TPSA) is 29.1 Å². The predicted molar refractivity (Wildman–Crippen MR) is 77.1 cm³/mol. The van der Waals surface area contributed by atoms with Crippen LogP contribution in [0.5, 0.6) is 0 Å². The highest BCUT2D eigenvalue weighted by molar-refractivity contribution is 7.98. The normalized spacial score (nSPS) is 10.1. The molecule has 2 aromatic rings. The van der Waals surface area contributed by atoms with Gasteiger partial charge in [-0.2, -0.15) is 0 Å². The number of thioether (sulfide) groups is 1. The Bertz CT molecular complexity index is 528. The third kappa shape index (κ3) is 3.52. The average molecular weight is 278 g/mol. The molecule has 0 spiro atoms. The summed E-state index contributed by atoms with van der Waals surface area (Å²) in [6, 6.07) is 15.5. The Labute approximate surface area is 115 Å². The van der Waals surface area contributed by atoms with Gasteiger partial charge in [-0.05, 0) is 29.8 Å². The number of amides is 1. The van der Waals surface area contributed by atoms with Gasteiger partial charge in [0.25, 0.3) is 0 Å². The molecule has 0 saturated carbocycles. The summed E-state index contributed by atoms with van der Waals surface area (Å²) in [5.74, 6) is 0.842. The number of carbonyl (C=O) groups excluding carboxylic acids is 1. The Morgan fingerprint density at radius 3 is 2.56 bits per heavy atom. The summed E-state index contributed by atoms with van der Waals surface area (Å²) >= 11 is 7.52. The van der Waals surface area contributed by atoms with Crippen LogP contribution in [0, 0.1) is 0 Å². The van der Waals surface area contributed by atoms with E-state index >= 15 is 0 Å². The van der Waals surface area contributed by atoms with Gasteiger partial charge < -0.3 is 5.32 Å². The number of nitrogens with one attached hydrogen (secondary N) is 1. The van der Waals surface area contributed by atoms with Crippen molar-refractivity contribution in [2.75, 3.05) is 5.32 Å². The fraction of sp³-hybridized carbons (Fsp3) is 0.0714. The summed E-state index contributed by atoms with van der Waals surface area (Å²) in [4.78, 5) is 11.6. The standard InChI is InChI=1S/C14H12ClNOS/c15-12-7-5-11(6-8-12)9-18-14-4-2-1-3-13(14)16-10-17/h1-8,10H,9H2,(H,16,17). The molecule has 0 aliphatic rings. The smallest absolute Gasteiger partial charge is 0.211 e. The minimum absolute atomic E-state index is 0.696. The molecule has 0 heterocycles. The lowest BCUT2D eigenvalue weighted by molar-refractivity contribution is -0.105. The molecular weight excluding hydrogens is 266 g/mol. The number of carbonyl (C=O) groups is 1. The molecule has 2 nitrogen and oxygen atoms in total. The molecule has 18 heavy (non-hydrogen) atoms. The van der Waals surface area contributed by atoms with Crippen LogP contribution in [-0.2, 0) is 10.5 Å². The lowest BCUT2D eigenvalue weighted by atomic mass is 10.2. The molecule has 2 aromatic carbocycles. The van der Waals surface area contributed by atoms with Crippen LogP contribution in [0.25, 0.3) is 0 Å². The maximum atomic E-state index is 10.5. The zero-order chi connectivity index (χ0) is 12.8. The van der Waals surface area contributed by atoms with Crippen molar-refractivity contribution in [2.24, 2.45) is 0 Å². The predicted octanol–water partition coefficient (Wildman–Crippen LogP) is 4.20. The second-order valence-corrected chi connectivity index (χ2v) is 5.13. The molecule has 2 rings (SSSR count). The number of rotatable bonds is 5. The maximum absolute atomic E-state index is 10.5. The molecule has 0 unspecified atom stereocenters. The van der Waals surface area contributed by atoms with E-state index in [-0.39, 0.29) is 0 Å². The quantitative estimate of drug-likeness (QED) is 0.655. The van der Waals surface area contributed by atoms with Crippen LogP contribution in [0.15, 0.2) is 53.4 Å². The molecule has 0 saturated heterocycles.